The first-order valence-corrected chi connectivity index (χ1v) is 9.35. The van der Waals surface area contributed by atoms with Crippen LogP contribution in [0.15, 0.2) is 54.6 Å². The second kappa shape index (κ2) is 8.65. The minimum absolute atomic E-state index is 0.0208. The van der Waals surface area contributed by atoms with E-state index in [1.165, 1.54) is 19.3 Å². The van der Waals surface area contributed by atoms with Crippen molar-refractivity contribution < 1.29 is 9.59 Å². The lowest BCUT2D eigenvalue weighted by atomic mass is 9.94. The number of hydrogen-bond donors (Lipinski definition) is 1. The Bertz CT molecular complexity index is 752. The lowest BCUT2D eigenvalue weighted by Crippen LogP contribution is -2.38. The van der Waals surface area contributed by atoms with Crippen LogP contribution < -0.4 is 5.32 Å². The Morgan fingerprint density at radius 2 is 1.62 bits per heavy atom. The third kappa shape index (κ3) is 4.51. The Kier molecular flexibility index (Phi) is 6.05. The largest absolute Gasteiger partial charge is 0.339 e. The molecule has 0 spiro atoms. The summed E-state index contributed by atoms with van der Waals surface area (Å²) in [5.41, 5.74) is 2.09. The average Bonchev–Trinajstić information content (AvgIpc) is 2.68. The van der Waals surface area contributed by atoms with Gasteiger partial charge in [-0.2, -0.15) is 0 Å². The van der Waals surface area contributed by atoms with Gasteiger partial charge in [-0.15, -0.1) is 0 Å². The van der Waals surface area contributed by atoms with Crippen molar-refractivity contribution >= 4 is 17.5 Å². The molecule has 0 atom stereocenters. The Hall–Kier alpha value is -2.62. The molecule has 1 N–H and O–H groups in total. The number of hydrogen-bond acceptors (Lipinski definition) is 2. The maximum absolute atomic E-state index is 13.0. The van der Waals surface area contributed by atoms with Crippen LogP contribution >= 0.6 is 0 Å². The number of nitrogens with zero attached hydrogens (tertiary/aromatic N) is 1. The molecule has 0 unspecified atom stereocenters. The first-order chi connectivity index (χ1) is 12.6. The van der Waals surface area contributed by atoms with E-state index in [9.17, 15) is 9.59 Å². The average molecular weight is 350 g/mol. The summed E-state index contributed by atoms with van der Waals surface area (Å²) >= 11 is 0. The third-order valence-electron chi connectivity index (χ3n) is 5.08. The van der Waals surface area contributed by atoms with E-state index in [4.69, 9.17) is 0 Å². The zero-order valence-electron chi connectivity index (χ0n) is 15.3. The molecule has 3 rings (SSSR count). The molecule has 4 nitrogen and oxygen atoms in total. The summed E-state index contributed by atoms with van der Waals surface area (Å²) in [4.78, 5) is 27.2. The topological polar surface area (TPSA) is 49.4 Å². The van der Waals surface area contributed by atoms with Gasteiger partial charge in [0.15, 0.2) is 0 Å². The smallest absolute Gasteiger partial charge is 0.255 e. The number of carbonyl (C=O) groups excluding carboxylic acids is 2. The van der Waals surface area contributed by atoms with Gasteiger partial charge in [0.2, 0.25) is 5.91 Å². The van der Waals surface area contributed by atoms with Gasteiger partial charge < -0.3 is 10.2 Å². The summed E-state index contributed by atoms with van der Waals surface area (Å²) in [5, 5.41) is 2.91. The van der Waals surface area contributed by atoms with Gasteiger partial charge in [-0.1, -0.05) is 61.7 Å². The van der Waals surface area contributed by atoms with E-state index < -0.39 is 0 Å². The van der Waals surface area contributed by atoms with E-state index in [0.717, 1.165) is 18.4 Å². The zero-order chi connectivity index (χ0) is 18.4. The Morgan fingerprint density at radius 1 is 0.962 bits per heavy atom. The molecule has 0 aliphatic heterocycles. The van der Waals surface area contributed by atoms with Crippen molar-refractivity contribution in [3.63, 3.8) is 0 Å². The molecule has 136 valence electrons. The summed E-state index contributed by atoms with van der Waals surface area (Å²) in [5.74, 6) is -0.135. The number of anilines is 1. The highest BCUT2D eigenvalue weighted by atomic mass is 16.2. The van der Waals surface area contributed by atoms with E-state index in [1.807, 2.05) is 54.4 Å². The fourth-order valence-corrected chi connectivity index (χ4v) is 3.58. The molecule has 1 aliphatic rings. The number of benzene rings is 2. The lowest BCUT2D eigenvalue weighted by molar-refractivity contribution is -0.115. The first-order valence-electron chi connectivity index (χ1n) is 9.35. The zero-order valence-corrected chi connectivity index (χ0v) is 15.3. The lowest BCUT2D eigenvalue weighted by Gasteiger charge is -2.31. The Morgan fingerprint density at radius 3 is 2.35 bits per heavy atom. The van der Waals surface area contributed by atoms with E-state index in [0.29, 0.717) is 23.7 Å². The summed E-state index contributed by atoms with van der Waals surface area (Å²) in [6.07, 6.45) is 6.03. The summed E-state index contributed by atoms with van der Waals surface area (Å²) in [6, 6.07) is 17.2. The van der Waals surface area contributed by atoms with Crippen molar-refractivity contribution in [3.05, 3.63) is 65.7 Å². The molecule has 0 heterocycles. The highest BCUT2D eigenvalue weighted by Crippen LogP contribution is 2.25. The summed E-state index contributed by atoms with van der Waals surface area (Å²) in [7, 11) is 1.88. The van der Waals surface area contributed by atoms with Gasteiger partial charge in [0.05, 0.1) is 17.7 Å². The Labute approximate surface area is 155 Å². The molecule has 0 saturated heterocycles. The summed E-state index contributed by atoms with van der Waals surface area (Å²) < 4.78 is 0. The van der Waals surface area contributed by atoms with Crippen LogP contribution in [0.4, 0.5) is 5.69 Å². The summed E-state index contributed by atoms with van der Waals surface area (Å²) in [6.45, 7) is 0. The minimum atomic E-state index is -0.114. The molecule has 1 saturated carbocycles. The van der Waals surface area contributed by atoms with Crippen LogP contribution in [0.2, 0.25) is 0 Å². The van der Waals surface area contributed by atoms with Crippen LogP contribution in [-0.2, 0) is 11.2 Å². The quantitative estimate of drug-likeness (QED) is 0.875. The Balaban J connectivity index is 1.71. The first kappa shape index (κ1) is 18.2. The van der Waals surface area contributed by atoms with Crippen LogP contribution in [0.1, 0.15) is 48.0 Å². The van der Waals surface area contributed by atoms with Crippen molar-refractivity contribution in [2.75, 3.05) is 12.4 Å². The van der Waals surface area contributed by atoms with Crippen molar-refractivity contribution in [1.29, 1.82) is 0 Å². The normalized spacial score (nSPS) is 14.7. The predicted molar refractivity (Wildman–Crippen MR) is 104 cm³/mol. The third-order valence-corrected chi connectivity index (χ3v) is 5.08. The van der Waals surface area contributed by atoms with Crippen molar-refractivity contribution in [3.8, 4) is 0 Å². The van der Waals surface area contributed by atoms with E-state index in [-0.39, 0.29) is 11.8 Å². The van der Waals surface area contributed by atoms with E-state index in [1.54, 1.807) is 12.1 Å². The molecule has 2 amide bonds. The highest BCUT2D eigenvalue weighted by molar-refractivity contribution is 6.04. The predicted octanol–water partition coefficient (Wildman–Crippen LogP) is 4.27. The van der Waals surface area contributed by atoms with Gasteiger partial charge in [0.1, 0.15) is 0 Å². The van der Waals surface area contributed by atoms with Gasteiger partial charge in [-0.05, 0) is 30.5 Å². The van der Waals surface area contributed by atoms with Crippen LogP contribution in [0.3, 0.4) is 0 Å². The second-order valence-corrected chi connectivity index (χ2v) is 6.96. The monoisotopic (exact) mass is 350 g/mol. The van der Waals surface area contributed by atoms with Gasteiger partial charge in [0.25, 0.3) is 5.91 Å². The van der Waals surface area contributed by atoms with E-state index in [2.05, 4.69) is 5.32 Å². The molecule has 0 radical (unpaired) electrons. The van der Waals surface area contributed by atoms with Gasteiger partial charge in [-0.25, -0.2) is 0 Å². The molecular weight excluding hydrogens is 324 g/mol. The molecule has 0 aromatic heterocycles. The van der Waals surface area contributed by atoms with E-state index >= 15 is 0 Å². The van der Waals surface area contributed by atoms with Gasteiger partial charge in [0, 0.05) is 13.1 Å². The fourth-order valence-electron chi connectivity index (χ4n) is 3.58. The SMILES string of the molecule is CN(C(=O)c1ccccc1NC(=O)Cc1ccccc1)C1CCCCC1. The van der Waals surface area contributed by atoms with Crippen LogP contribution in [0.5, 0.6) is 0 Å². The number of amides is 2. The van der Waals surface area contributed by atoms with Crippen molar-refractivity contribution in [2.45, 2.75) is 44.6 Å². The maximum atomic E-state index is 13.0. The standard InChI is InChI=1S/C22H26N2O2/c1-24(18-12-6-3-7-13-18)22(26)19-14-8-9-15-20(19)23-21(25)16-17-10-4-2-5-11-17/h2,4-5,8-11,14-15,18H,3,6-7,12-13,16H2,1H3,(H,23,25). The van der Waals surface area contributed by atoms with Crippen LogP contribution in [-0.4, -0.2) is 29.8 Å². The molecule has 2 aromatic carbocycles. The molecule has 26 heavy (non-hydrogen) atoms. The van der Waals surface area contributed by atoms with Crippen LogP contribution in [0.25, 0.3) is 0 Å². The number of para-hydroxylation sites is 1. The number of carbonyl (C=O) groups is 2. The number of nitrogens with one attached hydrogen (secondary N) is 1. The van der Waals surface area contributed by atoms with Crippen LogP contribution in [0, 0.1) is 0 Å². The van der Waals surface area contributed by atoms with Gasteiger partial charge >= 0.3 is 0 Å². The molecule has 1 aliphatic carbocycles. The van der Waals surface area contributed by atoms with Crippen molar-refractivity contribution in [2.24, 2.45) is 0 Å². The molecule has 1 fully saturated rings. The number of rotatable bonds is 5. The molecule has 2 aromatic rings. The maximum Gasteiger partial charge on any atom is 0.255 e. The minimum Gasteiger partial charge on any atom is -0.339 e. The molecule has 4 heteroatoms. The molecular formula is C22H26N2O2. The van der Waals surface area contributed by atoms with Gasteiger partial charge in [-0.3, -0.25) is 9.59 Å². The fraction of sp³-hybridized carbons (Fsp3) is 0.364. The van der Waals surface area contributed by atoms with Crippen molar-refractivity contribution in [1.82, 2.24) is 4.90 Å². The second-order valence-electron chi connectivity index (χ2n) is 6.96. The molecule has 0 bridgehead atoms. The highest BCUT2D eigenvalue weighted by Gasteiger charge is 2.24.